The van der Waals surface area contributed by atoms with E-state index >= 15 is 0 Å². The Morgan fingerprint density at radius 1 is 1.19 bits per heavy atom. The minimum Gasteiger partial charge on any atom is -0.481 e. The van der Waals surface area contributed by atoms with Gasteiger partial charge in [-0.2, -0.15) is 0 Å². The van der Waals surface area contributed by atoms with Crippen LogP contribution in [0.3, 0.4) is 0 Å². The molecule has 3 nitrogen and oxygen atoms in total. The lowest BCUT2D eigenvalue weighted by Gasteiger charge is -2.55. The first-order valence-electron chi connectivity index (χ1n) is 4.74. The maximum absolute atomic E-state index is 10.6. The molecule has 1 N–H and O–H groups in total. The van der Waals surface area contributed by atoms with Crippen LogP contribution in [0.5, 0.6) is 0 Å². The minimum atomic E-state index is -1.85. The van der Waals surface area contributed by atoms with Crippen LogP contribution in [-0.2, 0) is 4.79 Å². The van der Waals surface area contributed by atoms with E-state index in [0.717, 1.165) is 4.81 Å². The summed E-state index contributed by atoms with van der Waals surface area (Å²) in [7, 11) is 28.4. The molecule has 76 valence electrons. The van der Waals surface area contributed by atoms with Gasteiger partial charge in [0.05, 0.1) is 31.4 Å². The van der Waals surface area contributed by atoms with Crippen LogP contribution < -0.4 is 0 Å². The van der Waals surface area contributed by atoms with Crippen molar-refractivity contribution in [3.63, 3.8) is 0 Å². The number of aliphatic carboxylic acids is 1. The van der Waals surface area contributed by atoms with Crippen molar-refractivity contribution in [3.05, 3.63) is 0 Å². The van der Waals surface area contributed by atoms with Crippen molar-refractivity contribution in [1.82, 2.24) is 4.81 Å². The highest BCUT2D eigenvalue weighted by molar-refractivity contribution is 6.55. The van der Waals surface area contributed by atoms with Crippen molar-refractivity contribution in [2.45, 2.75) is 43.3 Å². The summed E-state index contributed by atoms with van der Waals surface area (Å²) in [5, 5.41) is 4.98. The van der Waals surface area contributed by atoms with Crippen LogP contribution in [0.2, 0.25) is 5.21 Å². The van der Waals surface area contributed by atoms with Gasteiger partial charge >= 0.3 is 5.97 Å². The van der Waals surface area contributed by atoms with E-state index < -0.39 is 28.5 Å². The summed E-state index contributed by atoms with van der Waals surface area (Å²) in [5.74, 6) is -1.20. The van der Waals surface area contributed by atoms with Crippen LogP contribution in [0.1, 0.15) is 27.2 Å². The van der Waals surface area contributed by atoms with Gasteiger partial charge in [0.15, 0.2) is 7.98 Å². The molecule has 0 unspecified atom stereocenters. The molecule has 0 atom stereocenters. The van der Waals surface area contributed by atoms with Crippen LogP contribution in [-0.4, -0.2) is 66.1 Å². The molecule has 0 bridgehead atoms. The quantitative estimate of drug-likeness (QED) is 0.608. The van der Waals surface area contributed by atoms with Gasteiger partial charge in [0.1, 0.15) is 0 Å². The number of nitrogens with zero attached hydrogens (tertiary/aromatic N) is 1. The zero-order chi connectivity index (χ0) is 13.4. The Bertz CT molecular complexity index is 274. The molecule has 0 aliphatic rings. The molecule has 0 spiro atoms. The first-order chi connectivity index (χ1) is 6.82. The van der Waals surface area contributed by atoms with Gasteiger partial charge in [-0.1, -0.05) is 10.6 Å². The van der Waals surface area contributed by atoms with Crippen molar-refractivity contribution in [3.8, 4) is 0 Å². The molecule has 16 heavy (non-hydrogen) atoms. The number of rotatable bonds is 4. The summed E-state index contributed by atoms with van der Waals surface area (Å²) in [6, 6.07) is 0. The molecule has 0 rings (SSSR count). The van der Waals surface area contributed by atoms with Crippen LogP contribution >= 0.6 is 0 Å². The van der Waals surface area contributed by atoms with E-state index in [0.29, 0.717) is 0 Å². The Kier molecular flexibility index (Phi) is 4.49. The number of carboxylic acids is 1. The summed E-state index contributed by atoms with van der Waals surface area (Å²) in [5.41, 5.74) is -0.605. The molecular formula is C8H12B5NO2. The predicted molar refractivity (Wildman–Crippen MR) is 68.0 cm³/mol. The zero-order valence-corrected chi connectivity index (χ0v) is 9.90. The first-order valence-corrected chi connectivity index (χ1v) is 4.74. The second-order valence-corrected chi connectivity index (χ2v) is 4.98. The summed E-state index contributed by atoms with van der Waals surface area (Å²) >= 11 is 0. The van der Waals surface area contributed by atoms with Gasteiger partial charge in [0.25, 0.3) is 0 Å². The molecule has 0 aromatic heterocycles. The number of carboxylic acid groups (broad SMARTS) is 1. The van der Waals surface area contributed by atoms with E-state index in [2.05, 4.69) is 0 Å². The number of hydrogen-bond acceptors (Lipinski definition) is 2. The molecule has 0 aromatic carbocycles. The lowest BCUT2D eigenvalue weighted by molar-refractivity contribution is -0.137. The fourth-order valence-electron chi connectivity index (χ4n) is 1.17. The summed E-state index contributed by atoms with van der Waals surface area (Å²) in [6.07, 6.45) is -0.593. The highest BCUT2D eigenvalue weighted by Gasteiger charge is 2.41. The van der Waals surface area contributed by atoms with Crippen LogP contribution in [0.15, 0.2) is 0 Å². The Morgan fingerprint density at radius 2 is 1.56 bits per heavy atom. The van der Waals surface area contributed by atoms with E-state index in [1.54, 1.807) is 20.8 Å². The third-order valence-electron chi connectivity index (χ3n) is 2.31. The maximum atomic E-state index is 10.6. The van der Waals surface area contributed by atoms with E-state index in [1.165, 1.54) is 0 Å². The monoisotopic (exact) mass is 209 g/mol. The van der Waals surface area contributed by atoms with Gasteiger partial charge in [-0.25, -0.2) is 0 Å². The second kappa shape index (κ2) is 4.56. The van der Waals surface area contributed by atoms with Gasteiger partial charge in [0.2, 0.25) is 0 Å². The molecule has 0 heterocycles. The molecule has 0 fully saturated rings. The van der Waals surface area contributed by atoms with Gasteiger partial charge < -0.3 is 9.92 Å². The SMILES string of the molecule is [B]N(C(C)(C)C)C([B])([B])C([B])([B])CC(=O)O. The van der Waals surface area contributed by atoms with Crippen molar-refractivity contribution < 1.29 is 9.90 Å². The molecule has 0 aliphatic heterocycles. The molecule has 0 saturated heterocycles. The van der Waals surface area contributed by atoms with Crippen molar-refractivity contribution in [2.75, 3.05) is 0 Å². The van der Waals surface area contributed by atoms with Gasteiger partial charge in [0, 0.05) is 12.0 Å². The molecule has 0 amide bonds. The largest absolute Gasteiger partial charge is 0.481 e. The van der Waals surface area contributed by atoms with Crippen molar-refractivity contribution in [2.24, 2.45) is 0 Å². The number of carbonyl (C=O) groups is 1. The van der Waals surface area contributed by atoms with Crippen molar-refractivity contribution >= 4 is 45.3 Å². The van der Waals surface area contributed by atoms with Gasteiger partial charge in [-0.3, -0.25) is 4.79 Å². The van der Waals surface area contributed by atoms with Gasteiger partial charge in [-0.05, 0) is 20.8 Å². The average molecular weight is 208 g/mol. The summed E-state index contributed by atoms with van der Waals surface area (Å²) in [4.78, 5) is 11.7. The third kappa shape index (κ3) is 3.37. The van der Waals surface area contributed by atoms with Crippen LogP contribution in [0.25, 0.3) is 0 Å². The Hall–Kier alpha value is -0.245. The Morgan fingerprint density at radius 3 is 1.81 bits per heavy atom. The predicted octanol–water partition coefficient (Wildman–Crippen LogP) is -0.911. The van der Waals surface area contributed by atoms with E-state index in [4.69, 9.17) is 44.5 Å². The molecule has 8 heteroatoms. The molecule has 0 aromatic rings. The molecular weight excluding hydrogens is 196 g/mol. The number of hydrogen-bond donors (Lipinski definition) is 1. The topological polar surface area (TPSA) is 40.5 Å². The standard InChI is InChI=1S/C8H12B5NO2/c1-6(2,3)14(13)8(11,12)7(9,10)4-5(15)16/h4H2,1-3H3,(H,15,16). The maximum Gasteiger partial charge on any atom is 0.302 e. The van der Waals surface area contributed by atoms with E-state index in [9.17, 15) is 4.79 Å². The first kappa shape index (κ1) is 15.8. The van der Waals surface area contributed by atoms with E-state index in [-0.39, 0.29) is 0 Å². The fraction of sp³-hybridized carbons (Fsp3) is 0.875. The smallest absolute Gasteiger partial charge is 0.302 e. The molecule has 0 saturated carbocycles. The van der Waals surface area contributed by atoms with Crippen LogP contribution in [0, 0.1) is 0 Å². The third-order valence-corrected chi connectivity index (χ3v) is 2.31. The van der Waals surface area contributed by atoms with E-state index in [1.807, 2.05) is 0 Å². The lowest BCUT2D eigenvalue weighted by Crippen LogP contribution is -2.63. The van der Waals surface area contributed by atoms with Crippen molar-refractivity contribution in [1.29, 1.82) is 0 Å². The zero-order valence-electron chi connectivity index (χ0n) is 9.90. The molecule has 0 aliphatic carbocycles. The lowest BCUT2D eigenvalue weighted by atomic mass is 9.31. The normalized spacial score (nSPS) is 14.0. The average Bonchev–Trinajstić information content (AvgIpc) is 1.98. The second-order valence-electron chi connectivity index (χ2n) is 4.98. The summed E-state index contributed by atoms with van der Waals surface area (Å²) < 4.78 is 0. The Labute approximate surface area is 104 Å². The highest BCUT2D eigenvalue weighted by Crippen LogP contribution is 2.37. The summed E-state index contributed by atoms with van der Waals surface area (Å²) in [6.45, 7) is 5.24. The van der Waals surface area contributed by atoms with Gasteiger partial charge in [-0.15, -0.1) is 0 Å². The molecule has 10 radical (unpaired) electrons. The highest BCUT2D eigenvalue weighted by atomic mass is 16.4. The van der Waals surface area contributed by atoms with Crippen LogP contribution in [0.4, 0.5) is 0 Å². The minimum absolute atomic E-state index is 0.593. The fourth-order valence-corrected chi connectivity index (χ4v) is 1.17. The Balaban J connectivity index is 5.10.